The molecule has 1 aromatic heterocycles. The third-order valence-corrected chi connectivity index (χ3v) is 3.96. The van der Waals surface area contributed by atoms with Crippen molar-refractivity contribution in [3.8, 4) is 0 Å². The molecule has 2 aromatic carbocycles. The van der Waals surface area contributed by atoms with Gasteiger partial charge in [0.15, 0.2) is 0 Å². The van der Waals surface area contributed by atoms with Gasteiger partial charge in [0.05, 0.1) is 18.3 Å². The summed E-state index contributed by atoms with van der Waals surface area (Å²) in [6.45, 7) is 1.15. The molecule has 1 amide bonds. The summed E-state index contributed by atoms with van der Waals surface area (Å²) >= 11 is 5.99. The van der Waals surface area contributed by atoms with Gasteiger partial charge in [-0.3, -0.25) is 9.48 Å². The van der Waals surface area contributed by atoms with E-state index in [0.29, 0.717) is 23.7 Å². The smallest absolute Gasteiger partial charge is 0.257 e. The van der Waals surface area contributed by atoms with E-state index in [4.69, 9.17) is 11.6 Å². The Morgan fingerprint density at radius 1 is 1.12 bits per heavy atom. The summed E-state index contributed by atoms with van der Waals surface area (Å²) in [5.74, 6) is -0.0608. The second-order valence-electron chi connectivity index (χ2n) is 5.70. The Balaban J connectivity index is 1.66. The first-order valence-corrected chi connectivity index (χ1v) is 8.06. The maximum absolute atomic E-state index is 12.5. The molecule has 0 aliphatic heterocycles. The molecule has 1 heterocycles. The Morgan fingerprint density at radius 3 is 2.62 bits per heavy atom. The molecule has 0 atom stereocenters. The zero-order chi connectivity index (χ0) is 16.9. The van der Waals surface area contributed by atoms with E-state index in [2.05, 4.69) is 5.10 Å². The number of carbonyl (C=O) groups excluding carboxylic acids is 1. The number of hydrogen-bond donors (Lipinski definition) is 0. The molecule has 4 nitrogen and oxygen atoms in total. The van der Waals surface area contributed by atoms with Crippen LogP contribution in [-0.2, 0) is 13.1 Å². The highest BCUT2D eigenvalue weighted by Gasteiger charge is 2.14. The van der Waals surface area contributed by atoms with Crippen molar-refractivity contribution in [1.82, 2.24) is 14.7 Å². The van der Waals surface area contributed by atoms with Gasteiger partial charge in [0, 0.05) is 24.8 Å². The minimum atomic E-state index is -0.0608. The molecule has 0 radical (unpaired) electrons. The van der Waals surface area contributed by atoms with Gasteiger partial charge in [0.25, 0.3) is 5.91 Å². The third-order valence-electron chi connectivity index (χ3n) is 3.72. The van der Waals surface area contributed by atoms with E-state index in [1.165, 1.54) is 0 Å². The summed E-state index contributed by atoms with van der Waals surface area (Å²) < 4.78 is 1.77. The molecule has 0 saturated carbocycles. The quantitative estimate of drug-likeness (QED) is 0.708. The number of hydrogen-bond acceptors (Lipinski definition) is 2. The van der Waals surface area contributed by atoms with Crippen LogP contribution in [0.5, 0.6) is 0 Å². The average molecular weight is 340 g/mol. The van der Waals surface area contributed by atoms with Crippen LogP contribution in [0.3, 0.4) is 0 Å². The highest BCUT2D eigenvalue weighted by molar-refractivity contribution is 6.30. The summed E-state index contributed by atoms with van der Waals surface area (Å²) in [6.07, 6.45) is 3.39. The molecule has 122 valence electrons. The van der Waals surface area contributed by atoms with Gasteiger partial charge in [0.2, 0.25) is 0 Å². The number of halogens is 1. The van der Waals surface area contributed by atoms with Crippen LogP contribution in [0.25, 0.3) is 0 Å². The number of carbonyl (C=O) groups is 1. The molecular formula is C19H18ClN3O. The molecule has 0 spiro atoms. The van der Waals surface area contributed by atoms with E-state index in [1.807, 2.05) is 54.6 Å². The van der Waals surface area contributed by atoms with Crippen molar-refractivity contribution in [3.63, 3.8) is 0 Å². The number of amides is 1. The highest BCUT2D eigenvalue weighted by atomic mass is 35.5. The van der Waals surface area contributed by atoms with Crippen LogP contribution in [-0.4, -0.2) is 27.6 Å². The van der Waals surface area contributed by atoms with Crippen molar-refractivity contribution in [3.05, 3.63) is 88.7 Å². The van der Waals surface area contributed by atoms with Gasteiger partial charge in [-0.2, -0.15) is 5.10 Å². The second kappa shape index (κ2) is 7.32. The standard InChI is InChI=1S/C19H18ClN3O/c1-22(12-16-8-5-9-18(20)10-16)19(24)17-11-21-23(14-17)13-15-6-3-2-4-7-15/h2-11,14H,12-13H2,1H3. The lowest BCUT2D eigenvalue weighted by atomic mass is 10.2. The summed E-state index contributed by atoms with van der Waals surface area (Å²) in [5.41, 5.74) is 2.72. The zero-order valence-corrected chi connectivity index (χ0v) is 14.1. The lowest BCUT2D eigenvalue weighted by Crippen LogP contribution is -2.25. The number of nitrogens with zero attached hydrogens (tertiary/aromatic N) is 3. The Morgan fingerprint density at radius 2 is 1.88 bits per heavy atom. The minimum Gasteiger partial charge on any atom is -0.337 e. The van der Waals surface area contributed by atoms with Crippen LogP contribution in [0.2, 0.25) is 5.02 Å². The zero-order valence-electron chi connectivity index (χ0n) is 13.4. The summed E-state index contributed by atoms with van der Waals surface area (Å²) in [6, 6.07) is 17.6. The van der Waals surface area contributed by atoms with Crippen LogP contribution in [0.1, 0.15) is 21.5 Å². The summed E-state index contributed by atoms with van der Waals surface area (Å²) in [7, 11) is 1.78. The highest BCUT2D eigenvalue weighted by Crippen LogP contribution is 2.13. The van der Waals surface area contributed by atoms with Gasteiger partial charge in [0.1, 0.15) is 0 Å². The van der Waals surface area contributed by atoms with E-state index >= 15 is 0 Å². The maximum atomic E-state index is 12.5. The fraction of sp³-hybridized carbons (Fsp3) is 0.158. The fourth-order valence-electron chi connectivity index (χ4n) is 2.53. The normalized spacial score (nSPS) is 10.6. The molecule has 3 rings (SSSR count). The molecule has 3 aromatic rings. The summed E-state index contributed by atoms with van der Waals surface area (Å²) in [5, 5.41) is 4.95. The molecule has 0 aliphatic rings. The van der Waals surface area contributed by atoms with E-state index < -0.39 is 0 Å². The first kappa shape index (κ1) is 16.3. The molecule has 0 saturated heterocycles. The largest absolute Gasteiger partial charge is 0.337 e. The number of rotatable bonds is 5. The van der Waals surface area contributed by atoms with E-state index in [1.54, 1.807) is 29.0 Å². The average Bonchev–Trinajstić information content (AvgIpc) is 3.03. The lowest BCUT2D eigenvalue weighted by Gasteiger charge is -2.16. The first-order valence-electron chi connectivity index (χ1n) is 7.68. The van der Waals surface area contributed by atoms with Gasteiger partial charge >= 0.3 is 0 Å². The topological polar surface area (TPSA) is 38.1 Å². The van der Waals surface area contributed by atoms with E-state index in [9.17, 15) is 4.79 Å². The number of benzene rings is 2. The molecule has 0 fully saturated rings. The van der Waals surface area contributed by atoms with Crippen molar-refractivity contribution < 1.29 is 4.79 Å². The van der Waals surface area contributed by atoms with Crippen LogP contribution >= 0.6 is 11.6 Å². The van der Waals surface area contributed by atoms with Crippen molar-refractivity contribution in [2.45, 2.75) is 13.1 Å². The third kappa shape index (κ3) is 4.03. The van der Waals surface area contributed by atoms with Crippen LogP contribution in [0.4, 0.5) is 0 Å². The molecule has 0 N–H and O–H groups in total. The molecular weight excluding hydrogens is 322 g/mol. The molecule has 5 heteroatoms. The van der Waals surface area contributed by atoms with Gasteiger partial charge < -0.3 is 4.90 Å². The van der Waals surface area contributed by atoms with Crippen LogP contribution < -0.4 is 0 Å². The second-order valence-corrected chi connectivity index (χ2v) is 6.14. The van der Waals surface area contributed by atoms with Gasteiger partial charge in [-0.25, -0.2) is 0 Å². The predicted molar refractivity (Wildman–Crippen MR) is 95.0 cm³/mol. The first-order chi connectivity index (χ1) is 11.6. The molecule has 0 unspecified atom stereocenters. The lowest BCUT2D eigenvalue weighted by molar-refractivity contribution is 0.0785. The Labute approximate surface area is 146 Å². The van der Waals surface area contributed by atoms with Crippen LogP contribution in [0, 0.1) is 0 Å². The van der Waals surface area contributed by atoms with E-state index in [-0.39, 0.29) is 5.91 Å². The Kier molecular flexibility index (Phi) is 4.96. The number of aromatic nitrogens is 2. The van der Waals surface area contributed by atoms with Gasteiger partial charge in [-0.15, -0.1) is 0 Å². The maximum Gasteiger partial charge on any atom is 0.257 e. The molecule has 0 bridgehead atoms. The molecule has 0 aliphatic carbocycles. The van der Waals surface area contributed by atoms with Crippen molar-refractivity contribution in [1.29, 1.82) is 0 Å². The van der Waals surface area contributed by atoms with E-state index in [0.717, 1.165) is 11.1 Å². The Bertz CT molecular complexity index is 829. The SMILES string of the molecule is CN(Cc1cccc(Cl)c1)C(=O)c1cnn(Cc2ccccc2)c1. The molecule has 24 heavy (non-hydrogen) atoms. The predicted octanol–water partition coefficient (Wildman–Crippen LogP) is 3.86. The van der Waals surface area contributed by atoms with Gasteiger partial charge in [-0.05, 0) is 23.3 Å². The fourth-order valence-corrected chi connectivity index (χ4v) is 2.75. The summed E-state index contributed by atoms with van der Waals surface area (Å²) in [4.78, 5) is 14.2. The van der Waals surface area contributed by atoms with Crippen molar-refractivity contribution in [2.24, 2.45) is 0 Å². The Hall–Kier alpha value is -2.59. The van der Waals surface area contributed by atoms with Crippen molar-refractivity contribution in [2.75, 3.05) is 7.05 Å². The monoisotopic (exact) mass is 339 g/mol. The van der Waals surface area contributed by atoms with Crippen LogP contribution in [0.15, 0.2) is 67.0 Å². The van der Waals surface area contributed by atoms with Gasteiger partial charge in [-0.1, -0.05) is 54.1 Å². The minimum absolute atomic E-state index is 0.0608. The van der Waals surface area contributed by atoms with Crippen molar-refractivity contribution >= 4 is 17.5 Å².